The van der Waals surface area contributed by atoms with Crippen LogP contribution in [-0.4, -0.2) is 11.1 Å². The molecule has 3 N–H and O–H groups in total. The highest BCUT2D eigenvalue weighted by molar-refractivity contribution is 9.10. The quantitative estimate of drug-likeness (QED) is 0.784. The minimum atomic E-state index is -0.909. The fourth-order valence-corrected chi connectivity index (χ4v) is 2.54. The van der Waals surface area contributed by atoms with E-state index in [4.69, 9.17) is 10.8 Å². The van der Waals surface area contributed by atoms with Crippen LogP contribution in [0.15, 0.2) is 22.0 Å². The molecule has 0 aliphatic heterocycles. The number of hydrogen-bond donors (Lipinski definition) is 2. The highest BCUT2D eigenvalue weighted by Gasteiger charge is 2.11. The SMILES string of the molecule is Nc1cc2scc(C(=O)O)c2cc1Br. The summed E-state index contributed by atoms with van der Waals surface area (Å²) >= 11 is 4.65. The molecule has 5 heteroatoms. The lowest BCUT2D eigenvalue weighted by atomic mass is 10.2. The molecule has 72 valence electrons. The molecule has 2 rings (SSSR count). The predicted octanol–water partition coefficient (Wildman–Crippen LogP) is 2.94. The first-order valence-corrected chi connectivity index (χ1v) is 5.46. The molecule has 0 atom stereocenters. The fourth-order valence-electron chi connectivity index (χ4n) is 1.23. The van der Waals surface area contributed by atoms with E-state index in [1.165, 1.54) is 11.3 Å². The van der Waals surface area contributed by atoms with Crippen molar-refractivity contribution in [1.29, 1.82) is 0 Å². The molecule has 2 aromatic rings. The fraction of sp³-hybridized carbons (Fsp3) is 0. The van der Waals surface area contributed by atoms with E-state index in [2.05, 4.69) is 15.9 Å². The van der Waals surface area contributed by atoms with Gasteiger partial charge in [0.15, 0.2) is 0 Å². The second-order valence-electron chi connectivity index (χ2n) is 2.82. The number of carboxylic acid groups (broad SMARTS) is 1. The molecule has 0 aliphatic rings. The molecule has 1 aromatic heterocycles. The maximum Gasteiger partial charge on any atom is 0.337 e. The van der Waals surface area contributed by atoms with Crippen molar-refractivity contribution in [3.8, 4) is 0 Å². The molecule has 3 nitrogen and oxygen atoms in total. The van der Waals surface area contributed by atoms with Crippen LogP contribution in [-0.2, 0) is 0 Å². The second-order valence-corrected chi connectivity index (χ2v) is 4.59. The number of benzene rings is 1. The molecule has 1 heterocycles. The van der Waals surface area contributed by atoms with Crippen molar-refractivity contribution in [1.82, 2.24) is 0 Å². The van der Waals surface area contributed by atoms with Gasteiger partial charge < -0.3 is 10.8 Å². The molecule has 0 aliphatic carbocycles. The molecule has 14 heavy (non-hydrogen) atoms. The van der Waals surface area contributed by atoms with E-state index in [0.29, 0.717) is 11.3 Å². The molecule has 0 radical (unpaired) electrons. The van der Waals surface area contributed by atoms with Gasteiger partial charge in [0.2, 0.25) is 0 Å². The van der Waals surface area contributed by atoms with Crippen LogP contribution in [0.25, 0.3) is 10.1 Å². The number of aromatic carboxylic acids is 1. The van der Waals surface area contributed by atoms with E-state index in [1.54, 1.807) is 17.5 Å². The van der Waals surface area contributed by atoms with Crippen LogP contribution in [0.1, 0.15) is 10.4 Å². The van der Waals surface area contributed by atoms with E-state index in [1.807, 2.05) is 0 Å². The Morgan fingerprint density at radius 1 is 1.50 bits per heavy atom. The Balaban J connectivity index is 2.80. The van der Waals surface area contributed by atoms with Gasteiger partial charge >= 0.3 is 5.97 Å². The van der Waals surface area contributed by atoms with Gasteiger partial charge in [-0.3, -0.25) is 0 Å². The van der Waals surface area contributed by atoms with Crippen LogP contribution in [0.4, 0.5) is 5.69 Å². The Labute approximate surface area is 92.3 Å². The summed E-state index contributed by atoms with van der Waals surface area (Å²) in [5.74, 6) is -0.909. The van der Waals surface area contributed by atoms with Gasteiger partial charge in [-0.25, -0.2) is 4.79 Å². The van der Waals surface area contributed by atoms with E-state index in [9.17, 15) is 4.79 Å². The molecule has 0 saturated carbocycles. The smallest absolute Gasteiger partial charge is 0.337 e. The zero-order valence-electron chi connectivity index (χ0n) is 6.95. The third kappa shape index (κ3) is 1.38. The van der Waals surface area contributed by atoms with Crippen LogP contribution < -0.4 is 5.73 Å². The number of fused-ring (bicyclic) bond motifs is 1. The highest BCUT2D eigenvalue weighted by atomic mass is 79.9. The highest BCUT2D eigenvalue weighted by Crippen LogP contribution is 2.32. The summed E-state index contributed by atoms with van der Waals surface area (Å²) in [6.07, 6.45) is 0. The lowest BCUT2D eigenvalue weighted by Crippen LogP contribution is -1.94. The van der Waals surface area contributed by atoms with Crippen LogP contribution in [0.5, 0.6) is 0 Å². The summed E-state index contributed by atoms with van der Waals surface area (Å²) < 4.78 is 1.62. The summed E-state index contributed by atoms with van der Waals surface area (Å²) in [6.45, 7) is 0. The van der Waals surface area contributed by atoms with E-state index in [0.717, 1.165) is 14.6 Å². The number of carboxylic acids is 1. The minimum absolute atomic E-state index is 0.325. The lowest BCUT2D eigenvalue weighted by Gasteiger charge is -1.98. The topological polar surface area (TPSA) is 63.3 Å². The van der Waals surface area contributed by atoms with Crippen LogP contribution in [0, 0.1) is 0 Å². The van der Waals surface area contributed by atoms with Crippen molar-refractivity contribution < 1.29 is 9.90 Å². The summed E-state index contributed by atoms with van der Waals surface area (Å²) in [5.41, 5.74) is 6.63. The number of anilines is 1. The Bertz CT molecular complexity index is 521. The first-order valence-electron chi connectivity index (χ1n) is 3.79. The molecule has 1 aromatic carbocycles. The van der Waals surface area contributed by atoms with Crippen LogP contribution in [0.3, 0.4) is 0 Å². The number of hydrogen-bond acceptors (Lipinski definition) is 3. The average Bonchev–Trinajstić information content (AvgIpc) is 2.48. The van der Waals surface area contributed by atoms with Gasteiger partial charge in [-0.05, 0) is 28.1 Å². The van der Waals surface area contributed by atoms with Crippen molar-refractivity contribution in [3.63, 3.8) is 0 Å². The van der Waals surface area contributed by atoms with Gasteiger partial charge in [-0.15, -0.1) is 11.3 Å². The Morgan fingerprint density at radius 2 is 2.21 bits per heavy atom. The monoisotopic (exact) mass is 271 g/mol. The normalized spacial score (nSPS) is 10.6. The minimum Gasteiger partial charge on any atom is -0.478 e. The Morgan fingerprint density at radius 3 is 2.86 bits per heavy atom. The third-order valence-corrected chi connectivity index (χ3v) is 3.56. The predicted molar refractivity (Wildman–Crippen MR) is 60.9 cm³/mol. The van der Waals surface area contributed by atoms with Gasteiger partial charge in [0.25, 0.3) is 0 Å². The summed E-state index contributed by atoms with van der Waals surface area (Å²) in [5, 5.41) is 11.2. The van der Waals surface area contributed by atoms with Crippen molar-refractivity contribution >= 4 is 49.0 Å². The Hall–Kier alpha value is -1.07. The van der Waals surface area contributed by atoms with Gasteiger partial charge in [0.05, 0.1) is 5.56 Å². The van der Waals surface area contributed by atoms with Gasteiger partial charge in [-0.1, -0.05) is 0 Å². The first-order chi connectivity index (χ1) is 6.59. The average molecular weight is 272 g/mol. The van der Waals surface area contributed by atoms with Crippen molar-refractivity contribution in [2.75, 3.05) is 5.73 Å². The van der Waals surface area contributed by atoms with Crippen molar-refractivity contribution in [2.45, 2.75) is 0 Å². The largest absolute Gasteiger partial charge is 0.478 e. The van der Waals surface area contributed by atoms with Crippen molar-refractivity contribution in [2.24, 2.45) is 0 Å². The van der Waals surface area contributed by atoms with Crippen LogP contribution >= 0.6 is 27.3 Å². The summed E-state index contributed by atoms with van der Waals surface area (Å²) in [4.78, 5) is 10.8. The standard InChI is InChI=1S/C9H6BrNO2S/c10-6-1-4-5(9(12)13)3-14-8(4)2-7(6)11/h1-3H,11H2,(H,12,13). The first kappa shape index (κ1) is 9.48. The summed E-state index contributed by atoms with van der Waals surface area (Å²) in [6, 6.07) is 3.52. The molecular weight excluding hydrogens is 266 g/mol. The maximum atomic E-state index is 10.8. The summed E-state index contributed by atoms with van der Waals surface area (Å²) in [7, 11) is 0. The molecule has 0 spiro atoms. The van der Waals surface area contributed by atoms with Gasteiger partial charge in [-0.2, -0.15) is 0 Å². The molecule has 0 unspecified atom stereocenters. The molecule has 0 saturated heterocycles. The molecule has 0 bridgehead atoms. The maximum absolute atomic E-state index is 10.8. The van der Waals surface area contributed by atoms with Gasteiger partial charge in [0.1, 0.15) is 0 Å². The van der Waals surface area contributed by atoms with E-state index < -0.39 is 5.97 Å². The molecule has 0 amide bonds. The van der Waals surface area contributed by atoms with E-state index >= 15 is 0 Å². The Kier molecular flexibility index (Phi) is 2.20. The third-order valence-electron chi connectivity index (χ3n) is 1.92. The number of halogens is 1. The lowest BCUT2D eigenvalue weighted by molar-refractivity contribution is 0.0699. The van der Waals surface area contributed by atoms with E-state index in [-0.39, 0.29) is 0 Å². The zero-order valence-corrected chi connectivity index (χ0v) is 9.35. The zero-order chi connectivity index (χ0) is 10.3. The number of nitrogens with two attached hydrogens (primary N) is 1. The number of thiophene rings is 1. The van der Waals surface area contributed by atoms with Gasteiger partial charge in [0, 0.05) is 25.6 Å². The molecule has 0 fully saturated rings. The second kappa shape index (κ2) is 3.25. The van der Waals surface area contributed by atoms with Crippen LogP contribution in [0.2, 0.25) is 0 Å². The number of nitrogen functional groups attached to an aromatic ring is 1. The number of carbonyl (C=O) groups is 1. The number of rotatable bonds is 1. The van der Waals surface area contributed by atoms with Crippen molar-refractivity contribution in [3.05, 3.63) is 27.5 Å². The molecular formula is C9H6BrNO2S.